The number of hydrogen-bond acceptors (Lipinski definition) is 5. The Kier molecular flexibility index (Phi) is 8.94. The molecule has 0 spiro atoms. The van der Waals surface area contributed by atoms with Crippen LogP contribution in [-0.4, -0.2) is 37.1 Å². The first-order chi connectivity index (χ1) is 13.1. The van der Waals surface area contributed by atoms with Crippen molar-refractivity contribution in [2.75, 3.05) is 31.3 Å². The third-order valence-corrected chi connectivity index (χ3v) is 4.91. The third kappa shape index (κ3) is 7.48. The number of nitrogens with one attached hydrogen (secondary N) is 2. The molecule has 0 radical (unpaired) electrons. The van der Waals surface area contributed by atoms with Crippen molar-refractivity contribution < 1.29 is 14.3 Å². The van der Waals surface area contributed by atoms with Crippen molar-refractivity contribution >= 4 is 40.7 Å². The van der Waals surface area contributed by atoms with Crippen LogP contribution in [0.5, 0.6) is 5.75 Å². The smallest absolute Gasteiger partial charge is 0.338 e. The molecule has 0 saturated carbocycles. The van der Waals surface area contributed by atoms with Crippen LogP contribution in [0.15, 0.2) is 53.4 Å². The van der Waals surface area contributed by atoms with Gasteiger partial charge in [-0.3, -0.25) is 0 Å². The van der Waals surface area contributed by atoms with Crippen LogP contribution in [0, 0.1) is 0 Å². The lowest BCUT2D eigenvalue weighted by Gasteiger charge is -2.11. The highest BCUT2D eigenvalue weighted by atomic mass is 32.2. The van der Waals surface area contributed by atoms with Crippen LogP contribution < -0.4 is 15.4 Å². The fraction of sp³-hybridized carbons (Fsp3) is 0.300. The minimum Gasteiger partial charge on any atom is -0.497 e. The van der Waals surface area contributed by atoms with Gasteiger partial charge in [0.2, 0.25) is 0 Å². The lowest BCUT2D eigenvalue weighted by atomic mass is 10.2. The molecular formula is C20H24N2O3S2. The highest BCUT2D eigenvalue weighted by Crippen LogP contribution is 2.21. The minimum absolute atomic E-state index is 0.337. The van der Waals surface area contributed by atoms with E-state index < -0.39 is 0 Å². The molecule has 0 bridgehead atoms. The summed E-state index contributed by atoms with van der Waals surface area (Å²) in [7, 11) is 1.66. The number of carbonyl (C=O) groups excluding carboxylic acids is 1. The van der Waals surface area contributed by atoms with E-state index in [0.29, 0.717) is 17.3 Å². The van der Waals surface area contributed by atoms with E-state index in [-0.39, 0.29) is 5.97 Å². The molecule has 2 N–H and O–H groups in total. The summed E-state index contributed by atoms with van der Waals surface area (Å²) in [5, 5.41) is 6.81. The van der Waals surface area contributed by atoms with E-state index in [9.17, 15) is 4.79 Å². The molecule has 27 heavy (non-hydrogen) atoms. The Labute approximate surface area is 169 Å². The van der Waals surface area contributed by atoms with Crippen LogP contribution in [0.25, 0.3) is 0 Å². The zero-order valence-electron chi connectivity index (χ0n) is 15.5. The Balaban J connectivity index is 1.68. The Bertz CT molecular complexity index is 751. The van der Waals surface area contributed by atoms with Crippen molar-refractivity contribution in [1.29, 1.82) is 0 Å². The molecule has 144 valence electrons. The molecule has 7 heteroatoms. The molecule has 0 amide bonds. The maximum Gasteiger partial charge on any atom is 0.338 e. The zero-order valence-corrected chi connectivity index (χ0v) is 17.1. The van der Waals surface area contributed by atoms with Gasteiger partial charge in [0.05, 0.1) is 19.3 Å². The summed E-state index contributed by atoms with van der Waals surface area (Å²) < 4.78 is 10.2. The zero-order chi connectivity index (χ0) is 19.5. The van der Waals surface area contributed by atoms with Crippen molar-refractivity contribution in [3.8, 4) is 5.75 Å². The fourth-order valence-electron chi connectivity index (χ4n) is 2.25. The maximum absolute atomic E-state index is 11.8. The molecule has 0 fully saturated rings. The van der Waals surface area contributed by atoms with Crippen molar-refractivity contribution in [2.45, 2.75) is 18.2 Å². The van der Waals surface area contributed by atoms with E-state index in [1.807, 2.05) is 18.2 Å². The molecule has 2 aromatic carbocycles. The number of ether oxygens (including phenoxy) is 2. The molecular weight excluding hydrogens is 380 g/mol. The maximum atomic E-state index is 11.8. The van der Waals surface area contributed by atoms with Crippen LogP contribution in [-0.2, 0) is 4.74 Å². The van der Waals surface area contributed by atoms with Gasteiger partial charge in [0, 0.05) is 17.1 Å². The van der Waals surface area contributed by atoms with Gasteiger partial charge in [0.25, 0.3) is 0 Å². The van der Waals surface area contributed by atoms with E-state index in [4.69, 9.17) is 21.7 Å². The SMILES string of the molecule is CCOC(=O)c1cccc(NC(=S)NCCCSc2ccc(OC)cc2)c1. The Morgan fingerprint density at radius 1 is 1.19 bits per heavy atom. The summed E-state index contributed by atoms with van der Waals surface area (Å²) in [4.78, 5) is 13.0. The molecule has 0 aliphatic carbocycles. The van der Waals surface area contributed by atoms with Crippen molar-refractivity contribution in [3.05, 3.63) is 54.1 Å². The second kappa shape index (κ2) is 11.5. The monoisotopic (exact) mass is 404 g/mol. The van der Waals surface area contributed by atoms with Gasteiger partial charge in [-0.05, 0) is 73.8 Å². The highest BCUT2D eigenvalue weighted by molar-refractivity contribution is 7.99. The number of benzene rings is 2. The van der Waals surface area contributed by atoms with E-state index in [0.717, 1.165) is 30.2 Å². The molecule has 0 heterocycles. The van der Waals surface area contributed by atoms with Crippen LogP contribution in [0.2, 0.25) is 0 Å². The summed E-state index contributed by atoms with van der Waals surface area (Å²) in [6.07, 6.45) is 0.974. The predicted molar refractivity (Wildman–Crippen MR) is 115 cm³/mol. The van der Waals surface area contributed by atoms with Crippen LogP contribution in [0.3, 0.4) is 0 Å². The summed E-state index contributed by atoms with van der Waals surface area (Å²) in [5.41, 5.74) is 1.26. The molecule has 2 rings (SSSR count). The van der Waals surface area contributed by atoms with Crippen LogP contribution in [0.4, 0.5) is 5.69 Å². The third-order valence-electron chi connectivity index (χ3n) is 3.57. The highest BCUT2D eigenvalue weighted by Gasteiger charge is 2.07. The van der Waals surface area contributed by atoms with E-state index in [1.165, 1.54) is 4.90 Å². The van der Waals surface area contributed by atoms with Gasteiger partial charge >= 0.3 is 5.97 Å². The number of anilines is 1. The summed E-state index contributed by atoms with van der Waals surface area (Å²) in [5.74, 6) is 1.51. The van der Waals surface area contributed by atoms with Crippen molar-refractivity contribution in [2.24, 2.45) is 0 Å². The number of rotatable bonds is 9. The lowest BCUT2D eigenvalue weighted by molar-refractivity contribution is 0.0526. The first-order valence-corrected chi connectivity index (χ1v) is 10.1. The van der Waals surface area contributed by atoms with E-state index in [1.54, 1.807) is 44.0 Å². The number of thioether (sulfide) groups is 1. The number of methoxy groups -OCH3 is 1. The predicted octanol–water partition coefficient (Wildman–Crippen LogP) is 4.34. The molecule has 0 unspecified atom stereocenters. The van der Waals surface area contributed by atoms with Gasteiger partial charge in [-0.25, -0.2) is 4.79 Å². The van der Waals surface area contributed by atoms with Gasteiger partial charge in [-0.1, -0.05) is 6.07 Å². The molecule has 0 atom stereocenters. The summed E-state index contributed by atoms with van der Waals surface area (Å²) in [6.45, 7) is 2.91. The molecule has 0 aromatic heterocycles. The van der Waals surface area contributed by atoms with E-state index in [2.05, 4.69) is 22.8 Å². The first-order valence-electron chi connectivity index (χ1n) is 8.71. The fourth-order valence-corrected chi connectivity index (χ4v) is 3.32. The second-order valence-electron chi connectivity index (χ2n) is 5.56. The van der Waals surface area contributed by atoms with Crippen LogP contribution in [0.1, 0.15) is 23.7 Å². The van der Waals surface area contributed by atoms with Gasteiger partial charge in [0.1, 0.15) is 5.75 Å². The minimum atomic E-state index is -0.337. The topological polar surface area (TPSA) is 59.6 Å². The average Bonchev–Trinajstić information content (AvgIpc) is 2.68. The van der Waals surface area contributed by atoms with Crippen molar-refractivity contribution in [3.63, 3.8) is 0 Å². The number of carbonyl (C=O) groups is 1. The lowest BCUT2D eigenvalue weighted by Crippen LogP contribution is -2.29. The number of thiocarbonyl (C=S) groups is 1. The Morgan fingerprint density at radius 2 is 1.96 bits per heavy atom. The van der Waals surface area contributed by atoms with Gasteiger partial charge in [0.15, 0.2) is 5.11 Å². The first kappa shape index (κ1) is 21.1. The second-order valence-corrected chi connectivity index (χ2v) is 7.14. The molecule has 0 aliphatic rings. The summed E-state index contributed by atoms with van der Waals surface area (Å²) in [6, 6.07) is 15.1. The molecule has 5 nitrogen and oxygen atoms in total. The Morgan fingerprint density at radius 3 is 2.67 bits per heavy atom. The normalized spacial score (nSPS) is 10.1. The standard InChI is InChI=1S/C20H24N2O3S2/c1-3-25-19(23)15-6-4-7-16(14-15)22-20(26)21-12-5-13-27-18-10-8-17(24-2)9-11-18/h4,6-11,14H,3,5,12-13H2,1-2H3,(H2,21,22,26). The number of hydrogen-bond donors (Lipinski definition) is 2. The van der Waals surface area contributed by atoms with Crippen LogP contribution >= 0.6 is 24.0 Å². The van der Waals surface area contributed by atoms with Gasteiger partial charge in [-0.2, -0.15) is 0 Å². The Hall–Kier alpha value is -2.25. The largest absolute Gasteiger partial charge is 0.497 e. The van der Waals surface area contributed by atoms with Gasteiger partial charge in [-0.15, -0.1) is 11.8 Å². The average molecular weight is 405 g/mol. The number of esters is 1. The molecule has 0 saturated heterocycles. The molecule has 0 aliphatic heterocycles. The van der Waals surface area contributed by atoms with Gasteiger partial charge < -0.3 is 20.1 Å². The van der Waals surface area contributed by atoms with E-state index >= 15 is 0 Å². The summed E-state index contributed by atoms with van der Waals surface area (Å²) >= 11 is 7.10. The molecule has 2 aromatic rings. The van der Waals surface area contributed by atoms with Crippen molar-refractivity contribution in [1.82, 2.24) is 5.32 Å². The quantitative estimate of drug-likeness (QED) is 0.279.